The van der Waals surface area contributed by atoms with Crippen molar-refractivity contribution in [2.45, 2.75) is 20.5 Å². The maximum atomic E-state index is 5.90. The van der Waals surface area contributed by atoms with E-state index in [2.05, 4.69) is 15.1 Å². The van der Waals surface area contributed by atoms with Crippen LogP contribution in [0.15, 0.2) is 55.0 Å². The van der Waals surface area contributed by atoms with Gasteiger partial charge in [-0.3, -0.25) is 4.68 Å². The highest BCUT2D eigenvalue weighted by molar-refractivity contribution is 5.98. The van der Waals surface area contributed by atoms with Crippen LogP contribution in [0.1, 0.15) is 17.0 Å². The zero-order valence-electron chi connectivity index (χ0n) is 16.2. The Labute approximate surface area is 163 Å². The normalized spacial score (nSPS) is 11.1. The van der Waals surface area contributed by atoms with E-state index in [4.69, 9.17) is 9.47 Å². The van der Waals surface area contributed by atoms with Crippen LogP contribution in [0.3, 0.4) is 0 Å². The summed E-state index contributed by atoms with van der Waals surface area (Å²) in [5.74, 6) is 0.743. The molecule has 0 saturated heterocycles. The Kier molecular flexibility index (Phi) is 5.04. The van der Waals surface area contributed by atoms with Crippen molar-refractivity contribution in [3.63, 3.8) is 0 Å². The van der Waals surface area contributed by atoms with Gasteiger partial charge in [-0.25, -0.2) is 9.97 Å². The maximum absolute atomic E-state index is 5.90. The van der Waals surface area contributed by atoms with E-state index in [0.29, 0.717) is 6.61 Å². The molecular weight excluding hydrogens is 352 g/mol. The fourth-order valence-electron chi connectivity index (χ4n) is 3.34. The number of aryl methyl sites for hydroxylation is 3. The molecule has 0 aliphatic carbocycles. The predicted octanol–water partition coefficient (Wildman–Crippen LogP) is 4.20. The molecule has 28 heavy (non-hydrogen) atoms. The monoisotopic (exact) mass is 374 g/mol. The highest BCUT2D eigenvalue weighted by atomic mass is 16.7. The molecule has 142 valence electrons. The highest BCUT2D eigenvalue weighted by Gasteiger charge is 2.16. The van der Waals surface area contributed by atoms with Crippen LogP contribution in [0.2, 0.25) is 0 Å². The maximum Gasteiger partial charge on any atom is 0.189 e. The summed E-state index contributed by atoms with van der Waals surface area (Å²) in [6, 6.07) is 14.0. The lowest BCUT2D eigenvalue weighted by molar-refractivity contribution is 0.00589. The molecule has 0 saturated carbocycles. The Hall–Kier alpha value is -3.25. The summed E-state index contributed by atoms with van der Waals surface area (Å²) in [6.45, 7) is 4.65. The van der Waals surface area contributed by atoms with E-state index in [-0.39, 0.29) is 6.79 Å². The Morgan fingerprint density at radius 1 is 0.964 bits per heavy atom. The van der Waals surface area contributed by atoms with E-state index in [0.717, 1.165) is 44.7 Å². The van der Waals surface area contributed by atoms with Gasteiger partial charge in [0.15, 0.2) is 6.79 Å². The third kappa shape index (κ3) is 3.59. The molecule has 4 rings (SSSR count). The minimum Gasteiger partial charge on any atom is -0.467 e. The number of hydrogen-bond acceptors (Lipinski definition) is 5. The van der Waals surface area contributed by atoms with E-state index in [1.807, 2.05) is 69.6 Å². The third-order valence-electron chi connectivity index (χ3n) is 4.66. The van der Waals surface area contributed by atoms with Crippen LogP contribution >= 0.6 is 0 Å². The predicted molar refractivity (Wildman–Crippen MR) is 108 cm³/mol. The van der Waals surface area contributed by atoms with Gasteiger partial charge >= 0.3 is 0 Å². The average molecular weight is 374 g/mol. The number of rotatable bonds is 6. The van der Waals surface area contributed by atoms with Crippen molar-refractivity contribution < 1.29 is 9.47 Å². The highest BCUT2D eigenvalue weighted by Crippen LogP contribution is 2.35. The van der Waals surface area contributed by atoms with Crippen LogP contribution in [0.4, 0.5) is 0 Å². The van der Waals surface area contributed by atoms with E-state index in [1.54, 1.807) is 11.0 Å². The number of ether oxygens (including phenoxy) is 2. The summed E-state index contributed by atoms with van der Waals surface area (Å²) in [7, 11) is 1.90. The Bertz CT molecular complexity index is 1090. The van der Waals surface area contributed by atoms with E-state index >= 15 is 0 Å². The summed E-state index contributed by atoms with van der Waals surface area (Å²) < 4.78 is 13.4. The summed E-state index contributed by atoms with van der Waals surface area (Å²) in [5.41, 5.74) is 5.85. The number of fused-ring (bicyclic) bond motifs is 1. The first-order valence-corrected chi connectivity index (χ1v) is 9.13. The zero-order chi connectivity index (χ0) is 19.5. The number of aromatic nitrogens is 4. The van der Waals surface area contributed by atoms with Gasteiger partial charge in [0.25, 0.3) is 0 Å². The van der Waals surface area contributed by atoms with Crippen molar-refractivity contribution in [1.29, 1.82) is 0 Å². The van der Waals surface area contributed by atoms with Gasteiger partial charge in [0.2, 0.25) is 0 Å². The lowest BCUT2D eigenvalue weighted by atomic mass is 10.00. The van der Waals surface area contributed by atoms with E-state index < -0.39 is 0 Å². The molecule has 2 aromatic heterocycles. The lowest BCUT2D eigenvalue weighted by Gasteiger charge is -2.12. The van der Waals surface area contributed by atoms with Gasteiger partial charge in [-0.1, -0.05) is 30.3 Å². The average Bonchev–Trinajstić information content (AvgIpc) is 3.08. The first-order chi connectivity index (χ1) is 13.6. The Morgan fingerprint density at radius 2 is 1.71 bits per heavy atom. The second kappa shape index (κ2) is 7.78. The fourth-order valence-corrected chi connectivity index (χ4v) is 3.34. The van der Waals surface area contributed by atoms with Crippen LogP contribution in [-0.2, 0) is 18.4 Å². The molecule has 2 heterocycles. The van der Waals surface area contributed by atoms with E-state index in [9.17, 15) is 0 Å². The SMILES string of the molecule is Cc1ncnc(C)c1-c1ccc(OCOCc2ccccc2)c2cn(C)nc12. The van der Waals surface area contributed by atoms with Gasteiger partial charge in [-0.2, -0.15) is 5.10 Å². The molecule has 0 fully saturated rings. The Balaban J connectivity index is 1.59. The minimum absolute atomic E-state index is 0.171. The van der Waals surface area contributed by atoms with Gasteiger partial charge < -0.3 is 9.47 Å². The Morgan fingerprint density at radius 3 is 2.46 bits per heavy atom. The van der Waals surface area contributed by atoms with Crippen molar-refractivity contribution >= 4 is 10.9 Å². The molecule has 0 atom stereocenters. The van der Waals surface area contributed by atoms with Crippen LogP contribution < -0.4 is 4.74 Å². The van der Waals surface area contributed by atoms with Gasteiger partial charge in [-0.05, 0) is 31.5 Å². The second-order valence-electron chi connectivity index (χ2n) is 6.69. The van der Waals surface area contributed by atoms with Crippen molar-refractivity contribution in [3.8, 4) is 16.9 Å². The van der Waals surface area contributed by atoms with Crippen molar-refractivity contribution in [1.82, 2.24) is 19.7 Å². The molecule has 0 aliphatic heterocycles. The van der Waals surface area contributed by atoms with Gasteiger partial charge in [-0.15, -0.1) is 0 Å². The second-order valence-corrected chi connectivity index (χ2v) is 6.69. The lowest BCUT2D eigenvalue weighted by Crippen LogP contribution is -2.03. The summed E-state index contributed by atoms with van der Waals surface area (Å²) in [6.07, 6.45) is 3.55. The molecule has 2 aromatic carbocycles. The van der Waals surface area contributed by atoms with Crippen LogP contribution in [-0.4, -0.2) is 26.5 Å². The first kappa shape index (κ1) is 18.1. The molecule has 6 nitrogen and oxygen atoms in total. The van der Waals surface area contributed by atoms with Crippen LogP contribution in [0.25, 0.3) is 22.0 Å². The molecule has 0 N–H and O–H groups in total. The molecule has 4 aromatic rings. The van der Waals surface area contributed by atoms with Crippen molar-refractivity contribution in [2.75, 3.05) is 6.79 Å². The molecule has 0 bridgehead atoms. The summed E-state index contributed by atoms with van der Waals surface area (Å²) >= 11 is 0. The molecular formula is C22H22N4O2. The van der Waals surface area contributed by atoms with Crippen LogP contribution in [0, 0.1) is 13.8 Å². The fraction of sp³-hybridized carbons (Fsp3) is 0.227. The van der Waals surface area contributed by atoms with Crippen molar-refractivity contribution in [2.24, 2.45) is 7.05 Å². The molecule has 0 amide bonds. The minimum atomic E-state index is 0.171. The molecule has 0 spiro atoms. The van der Waals surface area contributed by atoms with E-state index in [1.165, 1.54) is 0 Å². The van der Waals surface area contributed by atoms with Crippen molar-refractivity contribution in [3.05, 3.63) is 71.9 Å². The number of benzene rings is 2. The van der Waals surface area contributed by atoms with Crippen LogP contribution in [0.5, 0.6) is 5.75 Å². The number of nitrogens with zero attached hydrogens (tertiary/aromatic N) is 4. The quantitative estimate of drug-likeness (QED) is 0.374. The topological polar surface area (TPSA) is 62.1 Å². The molecule has 0 unspecified atom stereocenters. The summed E-state index contributed by atoms with van der Waals surface area (Å²) in [4.78, 5) is 8.69. The van der Waals surface area contributed by atoms with Gasteiger partial charge in [0.05, 0.1) is 12.0 Å². The largest absolute Gasteiger partial charge is 0.467 e. The third-order valence-corrected chi connectivity index (χ3v) is 4.66. The molecule has 0 aliphatic rings. The van der Waals surface area contributed by atoms with Gasteiger partial charge in [0, 0.05) is 35.8 Å². The molecule has 0 radical (unpaired) electrons. The first-order valence-electron chi connectivity index (χ1n) is 9.13. The standard InChI is InChI=1S/C22H22N4O2/c1-15-21(16(2)24-13-23-15)18-9-10-20(19-11-26(3)25-22(18)19)28-14-27-12-17-7-5-4-6-8-17/h4-11,13H,12,14H2,1-3H3. The summed E-state index contributed by atoms with van der Waals surface area (Å²) in [5, 5.41) is 5.58. The number of hydrogen-bond donors (Lipinski definition) is 0. The zero-order valence-corrected chi connectivity index (χ0v) is 16.2. The van der Waals surface area contributed by atoms with Gasteiger partial charge in [0.1, 0.15) is 17.6 Å². The smallest absolute Gasteiger partial charge is 0.189 e. The molecule has 6 heteroatoms.